The fourth-order valence-electron chi connectivity index (χ4n) is 7.85. The molecule has 0 spiro atoms. The molecule has 1 nitrogen and oxygen atoms in total. The largest absolute Gasteiger partial charge is 0.387 e. The van der Waals surface area contributed by atoms with Gasteiger partial charge in [0.05, 0.1) is 5.60 Å². The first-order chi connectivity index (χ1) is 11.9. The molecule has 1 N–H and O–H groups in total. The van der Waals surface area contributed by atoms with Crippen molar-refractivity contribution in [1.29, 1.82) is 0 Å². The van der Waals surface area contributed by atoms with E-state index in [0.29, 0.717) is 30.1 Å². The Kier molecular flexibility index (Phi) is 4.89. The van der Waals surface area contributed by atoms with E-state index in [9.17, 15) is 9.50 Å². The van der Waals surface area contributed by atoms with Crippen molar-refractivity contribution >= 4 is 15.9 Å². The molecule has 3 heteroatoms. The van der Waals surface area contributed by atoms with E-state index in [4.69, 9.17) is 0 Å². The first-order valence-electron chi connectivity index (χ1n) is 10.4. The van der Waals surface area contributed by atoms with E-state index < -0.39 is 12.3 Å². The quantitative estimate of drug-likeness (QED) is 0.451. The molecule has 8 atom stereocenters. The van der Waals surface area contributed by atoms with Gasteiger partial charge in [0.2, 0.25) is 0 Å². The van der Waals surface area contributed by atoms with Gasteiger partial charge in [-0.05, 0) is 98.7 Å². The summed E-state index contributed by atoms with van der Waals surface area (Å²) in [5.41, 5.74) is 0.846. The third-order valence-corrected chi connectivity index (χ3v) is 9.74. The highest BCUT2D eigenvalue weighted by Crippen LogP contribution is 2.65. The Morgan fingerprint density at radius 1 is 1.08 bits per heavy atom. The van der Waals surface area contributed by atoms with Crippen LogP contribution in [0.15, 0.2) is 12.2 Å². The molecular formula is C22H34BrFO. The van der Waals surface area contributed by atoms with Gasteiger partial charge in [-0.15, -0.1) is 0 Å². The summed E-state index contributed by atoms with van der Waals surface area (Å²) in [4.78, 5) is 0. The van der Waals surface area contributed by atoms with Crippen molar-refractivity contribution in [2.75, 3.05) is 12.0 Å². The number of halogens is 2. The summed E-state index contributed by atoms with van der Waals surface area (Å²) >= 11 is 3.64. The Morgan fingerprint density at radius 2 is 1.84 bits per heavy atom. The predicted octanol–water partition coefficient (Wildman–Crippen LogP) is 5.91. The molecule has 25 heavy (non-hydrogen) atoms. The van der Waals surface area contributed by atoms with E-state index >= 15 is 0 Å². The van der Waals surface area contributed by atoms with Crippen molar-refractivity contribution in [2.45, 2.75) is 70.3 Å². The summed E-state index contributed by atoms with van der Waals surface area (Å²) < 4.78 is 13.3. The number of aliphatic hydroxyl groups is 1. The topological polar surface area (TPSA) is 20.2 Å². The van der Waals surface area contributed by atoms with Gasteiger partial charge >= 0.3 is 0 Å². The lowest BCUT2D eigenvalue weighted by molar-refractivity contribution is -0.110. The second-order valence-electron chi connectivity index (χ2n) is 10.0. The van der Waals surface area contributed by atoms with Crippen LogP contribution >= 0.6 is 15.9 Å². The summed E-state index contributed by atoms with van der Waals surface area (Å²) in [6.07, 6.45) is 10.3. The second-order valence-corrected chi connectivity index (χ2v) is 10.6. The maximum absolute atomic E-state index is 13.3. The molecule has 4 saturated carbocycles. The van der Waals surface area contributed by atoms with E-state index in [0.717, 1.165) is 35.4 Å². The van der Waals surface area contributed by atoms with Crippen LogP contribution in [0.4, 0.5) is 4.39 Å². The second kappa shape index (κ2) is 6.62. The Balaban J connectivity index is 1.52. The molecule has 0 radical (unpaired) electrons. The van der Waals surface area contributed by atoms with Gasteiger partial charge in [-0.2, -0.15) is 0 Å². The fourth-order valence-corrected chi connectivity index (χ4v) is 8.24. The van der Waals surface area contributed by atoms with Crippen LogP contribution in [0.1, 0.15) is 64.7 Å². The highest BCUT2D eigenvalue weighted by atomic mass is 79.9. The summed E-state index contributed by atoms with van der Waals surface area (Å²) in [7, 11) is 0. The molecule has 0 aliphatic heterocycles. The van der Waals surface area contributed by atoms with Crippen molar-refractivity contribution in [3.63, 3.8) is 0 Å². The number of rotatable bonds is 3. The van der Waals surface area contributed by atoms with Gasteiger partial charge < -0.3 is 5.11 Å². The SMILES string of the molecule is C=C(CBr)[C@H]1CC[C@H]2[C@@H]3CC[C@@H]4C[C@](O)(CF)CC[C@@H]4[C@H]3CC[C@]12C. The summed E-state index contributed by atoms with van der Waals surface area (Å²) in [6, 6.07) is 0. The van der Waals surface area contributed by atoms with E-state index in [1.807, 2.05) is 0 Å². The first-order valence-corrected chi connectivity index (χ1v) is 11.6. The van der Waals surface area contributed by atoms with Gasteiger partial charge in [0.25, 0.3) is 0 Å². The lowest BCUT2D eigenvalue weighted by atomic mass is 9.49. The molecule has 4 fully saturated rings. The maximum atomic E-state index is 13.3. The molecule has 4 aliphatic carbocycles. The number of allylic oxidation sites excluding steroid dienone is 1. The standard InChI is InChI=1S/C22H34BrFO/c1-14(12-23)19-5-6-20-18-4-3-15-11-22(25,13-24)10-8-16(15)17(18)7-9-21(19,20)2/h15-20,25H,1,3-13H2,2H3/t15-,16+,17-,18-,19-,20+,21-,22+/m1/s1. The lowest BCUT2D eigenvalue weighted by Crippen LogP contribution is -2.51. The zero-order valence-electron chi connectivity index (χ0n) is 15.7. The highest BCUT2D eigenvalue weighted by Gasteiger charge is 2.57. The van der Waals surface area contributed by atoms with Crippen LogP contribution in [0.3, 0.4) is 0 Å². The van der Waals surface area contributed by atoms with Gasteiger partial charge in [0.1, 0.15) is 6.67 Å². The average molecular weight is 413 g/mol. The normalized spacial score (nSPS) is 52.2. The van der Waals surface area contributed by atoms with Gasteiger partial charge in [0.15, 0.2) is 0 Å². The maximum Gasteiger partial charge on any atom is 0.118 e. The van der Waals surface area contributed by atoms with Gasteiger partial charge in [-0.3, -0.25) is 0 Å². The van der Waals surface area contributed by atoms with Gasteiger partial charge in [-0.1, -0.05) is 35.0 Å². The van der Waals surface area contributed by atoms with E-state index in [2.05, 4.69) is 29.4 Å². The minimum Gasteiger partial charge on any atom is -0.387 e. The molecular weight excluding hydrogens is 379 g/mol. The van der Waals surface area contributed by atoms with Crippen molar-refractivity contribution in [3.05, 3.63) is 12.2 Å². The third-order valence-electron chi connectivity index (χ3n) is 9.02. The molecule has 0 amide bonds. The molecule has 0 unspecified atom stereocenters. The molecule has 0 aromatic heterocycles. The van der Waals surface area contributed by atoms with E-state index in [-0.39, 0.29) is 0 Å². The van der Waals surface area contributed by atoms with Crippen molar-refractivity contribution < 1.29 is 9.50 Å². The molecule has 142 valence electrons. The highest BCUT2D eigenvalue weighted by molar-refractivity contribution is 9.09. The fraction of sp³-hybridized carbons (Fsp3) is 0.909. The van der Waals surface area contributed by atoms with Crippen LogP contribution in [0, 0.1) is 40.9 Å². The van der Waals surface area contributed by atoms with Crippen molar-refractivity contribution in [2.24, 2.45) is 40.9 Å². The molecule has 0 saturated heterocycles. The van der Waals surface area contributed by atoms with Crippen LogP contribution in [-0.4, -0.2) is 22.7 Å². The molecule has 0 heterocycles. The van der Waals surface area contributed by atoms with Crippen LogP contribution in [0.2, 0.25) is 0 Å². The van der Waals surface area contributed by atoms with Crippen LogP contribution in [0.25, 0.3) is 0 Å². The van der Waals surface area contributed by atoms with E-state index in [1.165, 1.54) is 44.1 Å². The van der Waals surface area contributed by atoms with E-state index in [1.54, 1.807) is 0 Å². The van der Waals surface area contributed by atoms with Crippen LogP contribution in [-0.2, 0) is 0 Å². The predicted molar refractivity (Wildman–Crippen MR) is 104 cm³/mol. The minimum absolute atomic E-state index is 0.452. The zero-order chi connectivity index (χ0) is 17.8. The Hall–Kier alpha value is 0.110. The molecule has 4 rings (SSSR count). The Labute approximate surface area is 161 Å². The number of hydrogen-bond donors (Lipinski definition) is 1. The van der Waals surface area contributed by atoms with Crippen molar-refractivity contribution in [3.8, 4) is 0 Å². The molecule has 0 bridgehead atoms. The summed E-state index contributed by atoms with van der Waals surface area (Å²) in [5.74, 6) is 4.55. The van der Waals surface area contributed by atoms with Crippen LogP contribution in [0.5, 0.6) is 0 Å². The first kappa shape index (κ1) is 18.5. The number of alkyl halides is 2. The van der Waals surface area contributed by atoms with Crippen LogP contribution < -0.4 is 0 Å². The monoisotopic (exact) mass is 412 g/mol. The smallest absolute Gasteiger partial charge is 0.118 e. The Bertz CT molecular complexity index is 536. The van der Waals surface area contributed by atoms with Crippen molar-refractivity contribution in [1.82, 2.24) is 0 Å². The molecule has 4 aliphatic rings. The summed E-state index contributed by atoms with van der Waals surface area (Å²) in [5, 5.41) is 11.4. The minimum atomic E-state index is -1.01. The lowest BCUT2D eigenvalue weighted by Gasteiger charge is -2.57. The number of hydrogen-bond acceptors (Lipinski definition) is 1. The molecule has 0 aromatic carbocycles. The summed E-state index contributed by atoms with van der Waals surface area (Å²) in [6.45, 7) is 6.37. The van der Waals surface area contributed by atoms with Gasteiger partial charge in [-0.25, -0.2) is 4.39 Å². The number of fused-ring (bicyclic) bond motifs is 5. The van der Waals surface area contributed by atoms with Gasteiger partial charge in [0, 0.05) is 5.33 Å². The third kappa shape index (κ3) is 2.87. The molecule has 0 aromatic rings. The average Bonchev–Trinajstić information content (AvgIpc) is 2.98. The Morgan fingerprint density at radius 3 is 2.56 bits per heavy atom. The zero-order valence-corrected chi connectivity index (χ0v) is 17.2.